The number of benzene rings is 4. The summed E-state index contributed by atoms with van der Waals surface area (Å²) in [4.78, 5) is 2.35. The second-order valence-electron chi connectivity index (χ2n) is 10.9. The first-order valence-electron chi connectivity index (χ1n) is 14.7. The van der Waals surface area contributed by atoms with Crippen LogP contribution in [0.3, 0.4) is 0 Å². The molecule has 0 saturated carbocycles. The first kappa shape index (κ1) is 30.1. The second-order valence-corrected chi connectivity index (χ2v) is 10.9. The minimum Gasteiger partial charge on any atom is -0.394 e. The third-order valence-electron chi connectivity index (χ3n) is 7.84. The van der Waals surface area contributed by atoms with Gasteiger partial charge in [0.05, 0.1) is 45.2 Å². The van der Waals surface area contributed by atoms with Crippen molar-refractivity contribution in [2.75, 3.05) is 13.2 Å². The van der Waals surface area contributed by atoms with E-state index in [4.69, 9.17) is 14.2 Å². The Morgan fingerprint density at radius 2 is 1.00 bits per heavy atom. The van der Waals surface area contributed by atoms with Crippen molar-refractivity contribution in [1.29, 1.82) is 0 Å². The minimum absolute atomic E-state index is 0.144. The van der Waals surface area contributed by atoms with Gasteiger partial charge in [0.25, 0.3) is 0 Å². The number of likely N-dealkylation sites (tertiary alicyclic amines) is 1. The Morgan fingerprint density at radius 1 is 0.571 bits per heavy atom. The van der Waals surface area contributed by atoms with E-state index in [1.807, 2.05) is 72.8 Å². The van der Waals surface area contributed by atoms with E-state index >= 15 is 0 Å². The maximum absolute atomic E-state index is 10.7. The summed E-state index contributed by atoms with van der Waals surface area (Å²) >= 11 is 0. The van der Waals surface area contributed by atoms with Crippen molar-refractivity contribution in [3.8, 4) is 0 Å². The summed E-state index contributed by atoms with van der Waals surface area (Å²) in [5.74, 6) is 0. The van der Waals surface area contributed by atoms with Gasteiger partial charge >= 0.3 is 0 Å². The van der Waals surface area contributed by atoms with Gasteiger partial charge in [0.1, 0.15) is 12.2 Å². The van der Waals surface area contributed by atoms with Crippen LogP contribution in [0.5, 0.6) is 0 Å². The van der Waals surface area contributed by atoms with Crippen molar-refractivity contribution < 1.29 is 24.4 Å². The maximum atomic E-state index is 10.7. The number of ether oxygens (including phenoxy) is 3. The van der Waals surface area contributed by atoms with E-state index < -0.39 is 6.10 Å². The highest BCUT2D eigenvalue weighted by atomic mass is 16.5. The maximum Gasteiger partial charge on any atom is 0.103 e. The molecule has 5 rings (SSSR count). The number of nitrogens with zero attached hydrogens (tertiary/aromatic N) is 1. The van der Waals surface area contributed by atoms with Crippen LogP contribution in [-0.4, -0.2) is 58.7 Å². The molecule has 1 fully saturated rings. The lowest BCUT2D eigenvalue weighted by molar-refractivity contribution is -0.0890. The molecule has 6 nitrogen and oxygen atoms in total. The van der Waals surface area contributed by atoms with E-state index in [-0.39, 0.29) is 30.9 Å². The monoisotopic (exact) mass is 567 g/mol. The molecule has 42 heavy (non-hydrogen) atoms. The number of rotatable bonds is 15. The average molecular weight is 568 g/mol. The molecule has 0 unspecified atom stereocenters. The fraction of sp³-hybridized carbons (Fsp3) is 0.333. The molecule has 1 saturated heterocycles. The molecule has 0 bridgehead atoms. The molecule has 0 radical (unpaired) electrons. The fourth-order valence-electron chi connectivity index (χ4n) is 5.72. The van der Waals surface area contributed by atoms with Crippen LogP contribution in [0.4, 0.5) is 0 Å². The van der Waals surface area contributed by atoms with Crippen molar-refractivity contribution in [2.45, 2.75) is 63.2 Å². The second kappa shape index (κ2) is 15.8. The summed E-state index contributed by atoms with van der Waals surface area (Å²) in [6, 6.07) is 40.4. The van der Waals surface area contributed by atoms with Crippen LogP contribution in [-0.2, 0) is 40.6 Å². The molecule has 2 N–H and O–H groups in total. The van der Waals surface area contributed by atoms with Gasteiger partial charge in [-0.1, -0.05) is 121 Å². The van der Waals surface area contributed by atoms with Gasteiger partial charge in [-0.05, 0) is 28.7 Å². The number of aliphatic hydroxyl groups is 2. The molecular weight excluding hydrogens is 526 g/mol. The van der Waals surface area contributed by atoms with Gasteiger partial charge in [0.2, 0.25) is 0 Å². The van der Waals surface area contributed by atoms with Crippen LogP contribution in [0.2, 0.25) is 0 Å². The van der Waals surface area contributed by atoms with E-state index in [0.717, 1.165) is 22.3 Å². The molecule has 220 valence electrons. The van der Waals surface area contributed by atoms with Gasteiger partial charge in [-0.2, -0.15) is 0 Å². The average Bonchev–Trinajstić information content (AvgIpc) is 3.31. The minimum atomic E-state index is -0.880. The van der Waals surface area contributed by atoms with Gasteiger partial charge in [0, 0.05) is 12.6 Å². The van der Waals surface area contributed by atoms with Crippen LogP contribution in [0.15, 0.2) is 121 Å². The molecule has 6 heteroatoms. The van der Waals surface area contributed by atoms with Gasteiger partial charge in [0.15, 0.2) is 0 Å². The highest BCUT2D eigenvalue weighted by molar-refractivity contribution is 5.19. The molecule has 0 aromatic heterocycles. The lowest BCUT2D eigenvalue weighted by atomic mass is 10.0. The van der Waals surface area contributed by atoms with Crippen LogP contribution < -0.4 is 0 Å². The number of hydrogen-bond donors (Lipinski definition) is 2. The lowest BCUT2D eigenvalue weighted by Crippen LogP contribution is -2.43. The van der Waals surface area contributed by atoms with Crippen LogP contribution in [0, 0.1) is 0 Å². The summed E-state index contributed by atoms with van der Waals surface area (Å²) < 4.78 is 19.8. The molecule has 1 heterocycles. The Hall–Kier alpha value is -3.36. The molecule has 0 aliphatic carbocycles. The molecule has 0 spiro atoms. The molecule has 4 aromatic carbocycles. The first-order chi connectivity index (χ1) is 20.7. The molecule has 5 atom stereocenters. The molecule has 0 amide bonds. The number of hydrogen-bond acceptors (Lipinski definition) is 6. The summed E-state index contributed by atoms with van der Waals surface area (Å²) in [6.07, 6.45) is -1.22. The first-order valence-corrected chi connectivity index (χ1v) is 14.7. The van der Waals surface area contributed by atoms with E-state index in [1.165, 1.54) is 0 Å². The van der Waals surface area contributed by atoms with Gasteiger partial charge in [-0.3, -0.25) is 4.90 Å². The number of aliphatic hydroxyl groups excluding tert-OH is 2. The van der Waals surface area contributed by atoms with E-state index in [9.17, 15) is 10.2 Å². The van der Waals surface area contributed by atoms with E-state index in [0.29, 0.717) is 39.4 Å². The lowest BCUT2D eigenvalue weighted by Gasteiger charge is -2.32. The van der Waals surface area contributed by atoms with Gasteiger partial charge < -0.3 is 24.4 Å². The van der Waals surface area contributed by atoms with E-state index in [1.54, 1.807) is 0 Å². The molecule has 1 aliphatic rings. The Labute approximate surface area is 249 Å². The highest BCUT2D eigenvalue weighted by Gasteiger charge is 2.50. The predicted molar refractivity (Wildman–Crippen MR) is 163 cm³/mol. The smallest absolute Gasteiger partial charge is 0.103 e. The van der Waals surface area contributed by atoms with Crippen molar-refractivity contribution in [3.05, 3.63) is 144 Å². The van der Waals surface area contributed by atoms with E-state index in [2.05, 4.69) is 53.4 Å². The standard InChI is InChI=1S/C36H41NO5/c38-23-32(39)21-33-35(41-25-30-17-9-3-10-18-30)36(42-26-31-19-11-4-12-20-31)34(27-40-24-29-15-7-2-8-16-29)37(33)22-28-13-5-1-6-14-28/h1-20,32-36,38-39H,21-27H2/t32-,33-,34-,35-,36-/m1/s1. The molecule has 1 aliphatic heterocycles. The van der Waals surface area contributed by atoms with Crippen molar-refractivity contribution in [1.82, 2.24) is 4.90 Å². The van der Waals surface area contributed by atoms with Crippen LogP contribution in [0.1, 0.15) is 28.7 Å². The molecular formula is C36H41NO5. The third kappa shape index (κ3) is 8.35. The zero-order valence-corrected chi connectivity index (χ0v) is 23.9. The Kier molecular flexibility index (Phi) is 11.3. The summed E-state index contributed by atoms with van der Waals surface area (Å²) in [7, 11) is 0. The predicted octanol–water partition coefficient (Wildman–Crippen LogP) is 5.37. The quantitative estimate of drug-likeness (QED) is 0.201. The summed E-state index contributed by atoms with van der Waals surface area (Å²) in [5, 5.41) is 20.6. The SMILES string of the molecule is OC[C@H](O)C[C@@H]1[C@@H](OCc2ccccc2)[C@H](OCc2ccccc2)[C@@H](COCc2ccccc2)N1Cc1ccccc1. The summed E-state index contributed by atoms with van der Waals surface area (Å²) in [5.41, 5.74) is 4.41. The summed E-state index contributed by atoms with van der Waals surface area (Å²) in [6.45, 7) is 2.09. The Balaban J connectivity index is 1.46. The van der Waals surface area contributed by atoms with Gasteiger partial charge in [-0.25, -0.2) is 0 Å². The zero-order valence-electron chi connectivity index (χ0n) is 23.9. The zero-order chi connectivity index (χ0) is 29.0. The third-order valence-corrected chi connectivity index (χ3v) is 7.84. The Bertz CT molecular complexity index is 1290. The van der Waals surface area contributed by atoms with Gasteiger partial charge in [-0.15, -0.1) is 0 Å². The highest BCUT2D eigenvalue weighted by Crippen LogP contribution is 2.35. The van der Waals surface area contributed by atoms with Crippen molar-refractivity contribution in [2.24, 2.45) is 0 Å². The topological polar surface area (TPSA) is 71.4 Å². The fourth-order valence-corrected chi connectivity index (χ4v) is 5.72. The molecule has 4 aromatic rings. The largest absolute Gasteiger partial charge is 0.394 e. The Morgan fingerprint density at radius 3 is 1.48 bits per heavy atom. The van der Waals surface area contributed by atoms with Crippen molar-refractivity contribution in [3.63, 3.8) is 0 Å². The van der Waals surface area contributed by atoms with Crippen molar-refractivity contribution >= 4 is 0 Å². The normalized spacial score (nSPS) is 21.4. The van der Waals surface area contributed by atoms with Crippen LogP contribution >= 0.6 is 0 Å². The van der Waals surface area contributed by atoms with Crippen LogP contribution in [0.25, 0.3) is 0 Å².